The lowest BCUT2D eigenvalue weighted by Gasteiger charge is -2.36. The molecule has 0 spiro atoms. The van der Waals surface area contributed by atoms with Gasteiger partial charge in [-0.05, 0) is 116 Å². The van der Waals surface area contributed by atoms with Crippen LogP contribution in [0.1, 0.15) is 80.5 Å². The van der Waals surface area contributed by atoms with E-state index in [0.717, 1.165) is 23.5 Å². The molecule has 2 aromatic heterocycles. The van der Waals surface area contributed by atoms with Crippen LogP contribution in [0.2, 0.25) is 0 Å². The molecule has 0 radical (unpaired) electrons. The van der Waals surface area contributed by atoms with E-state index in [0.29, 0.717) is 0 Å². The molecule has 0 N–H and O–H groups in total. The molecular weight excluding hydrogens is 693 g/mol. The van der Waals surface area contributed by atoms with Gasteiger partial charge < -0.3 is 9.80 Å². The van der Waals surface area contributed by atoms with Crippen molar-refractivity contribution in [2.45, 2.75) is 64.7 Å². The third-order valence-corrected chi connectivity index (χ3v) is 12.6. The summed E-state index contributed by atoms with van der Waals surface area (Å²) in [7, 11) is 2.21. The summed E-state index contributed by atoms with van der Waals surface area (Å²) < 4.78 is 2.39. The Kier molecular flexibility index (Phi) is 7.70. The number of nitrogens with zero attached hydrogens (tertiary/aromatic N) is 4. The van der Waals surface area contributed by atoms with Crippen LogP contribution >= 0.6 is 0 Å². The average Bonchev–Trinajstić information content (AvgIpc) is 3.82. The Bertz CT molecular complexity index is 2850. The van der Waals surface area contributed by atoms with Gasteiger partial charge in [0, 0.05) is 29.7 Å². The second kappa shape index (κ2) is 12.4. The summed E-state index contributed by atoms with van der Waals surface area (Å²) in [6, 6.07) is 52.9. The number of benzene rings is 6. The Balaban J connectivity index is 1.31. The van der Waals surface area contributed by atoms with E-state index in [4.69, 9.17) is 4.98 Å². The van der Waals surface area contributed by atoms with Gasteiger partial charge in [0.1, 0.15) is 5.82 Å². The Morgan fingerprint density at radius 2 is 1.23 bits per heavy atom. The molecule has 10 rings (SSSR count). The molecule has 1 aliphatic heterocycles. The van der Waals surface area contributed by atoms with Gasteiger partial charge in [0.15, 0.2) is 0 Å². The highest BCUT2D eigenvalue weighted by Crippen LogP contribution is 2.58. The first-order chi connectivity index (χ1) is 27.3. The summed E-state index contributed by atoms with van der Waals surface area (Å²) in [6.45, 7) is 16.8. The Morgan fingerprint density at radius 1 is 0.561 bits per heavy atom. The molecule has 0 saturated heterocycles. The maximum Gasteiger partial charge on any atom is 0.137 e. The van der Waals surface area contributed by atoms with Crippen molar-refractivity contribution in [3.05, 3.63) is 185 Å². The van der Waals surface area contributed by atoms with Crippen molar-refractivity contribution < 1.29 is 0 Å². The first-order valence-electron chi connectivity index (χ1n) is 20.3. The van der Waals surface area contributed by atoms with E-state index < -0.39 is 5.41 Å². The van der Waals surface area contributed by atoms with Crippen LogP contribution in [-0.2, 0) is 16.2 Å². The molecule has 0 saturated carbocycles. The molecule has 0 unspecified atom stereocenters. The van der Waals surface area contributed by atoms with Crippen LogP contribution in [-0.4, -0.2) is 23.3 Å². The molecule has 0 bridgehead atoms. The van der Waals surface area contributed by atoms with Crippen molar-refractivity contribution in [1.29, 1.82) is 0 Å². The molecular formula is C53H50N4. The van der Waals surface area contributed by atoms with E-state index in [-0.39, 0.29) is 10.8 Å². The van der Waals surface area contributed by atoms with E-state index in [1.165, 1.54) is 77.9 Å². The minimum Gasteiger partial charge on any atom is -0.355 e. The van der Waals surface area contributed by atoms with Gasteiger partial charge in [-0.1, -0.05) is 133 Å². The first kappa shape index (κ1) is 35.3. The molecule has 2 aliphatic rings. The fraction of sp³-hybridized carbons (Fsp3) is 0.226. The average molecular weight is 743 g/mol. The van der Waals surface area contributed by atoms with Crippen LogP contribution in [0.15, 0.2) is 146 Å². The minimum atomic E-state index is -0.596. The number of fused-ring (bicyclic) bond motifs is 7. The van der Waals surface area contributed by atoms with Crippen molar-refractivity contribution in [1.82, 2.24) is 9.55 Å². The molecule has 0 fully saturated rings. The zero-order valence-corrected chi connectivity index (χ0v) is 34.4. The highest BCUT2D eigenvalue weighted by Gasteiger charge is 2.47. The van der Waals surface area contributed by atoms with Gasteiger partial charge in [-0.3, -0.25) is 4.57 Å². The Morgan fingerprint density at radius 3 is 1.95 bits per heavy atom. The lowest BCUT2D eigenvalue weighted by Crippen LogP contribution is -2.30. The van der Waals surface area contributed by atoms with Crippen LogP contribution in [0.25, 0.3) is 38.8 Å². The summed E-state index contributed by atoms with van der Waals surface area (Å²) in [6.07, 6.45) is 1.97. The molecule has 0 amide bonds. The third kappa shape index (κ3) is 5.30. The normalized spacial score (nSPS) is 14.7. The SMILES string of the molecule is Cc1ccc2c(c1)N(C)CN2c1cc(C(C)(C)C)cc(C2(c3ccc4c5ccccc5n(-c5cc(C(C)(C)C)ccn5)c4c3)c3ccccc3-c3ccccc32)c1. The van der Waals surface area contributed by atoms with Gasteiger partial charge in [-0.2, -0.15) is 0 Å². The number of aryl methyl sites for hydroxylation is 1. The topological polar surface area (TPSA) is 24.3 Å². The van der Waals surface area contributed by atoms with Crippen molar-refractivity contribution in [2.75, 3.05) is 23.5 Å². The quantitative estimate of drug-likeness (QED) is 0.179. The molecule has 3 heterocycles. The molecule has 8 aromatic rings. The van der Waals surface area contributed by atoms with E-state index >= 15 is 0 Å². The van der Waals surface area contributed by atoms with Gasteiger partial charge >= 0.3 is 0 Å². The molecule has 4 heteroatoms. The maximum absolute atomic E-state index is 5.05. The van der Waals surface area contributed by atoms with E-state index in [9.17, 15) is 0 Å². The molecule has 4 nitrogen and oxygen atoms in total. The van der Waals surface area contributed by atoms with Gasteiger partial charge in [0.25, 0.3) is 0 Å². The summed E-state index contributed by atoms with van der Waals surface area (Å²) in [5.41, 5.74) is 16.9. The minimum absolute atomic E-state index is 0.0117. The predicted octanol–water partition coefficient (Wildman–Crippen LogP) is 13.0. The van der Waals surface area contributed by atoms with Crippen LogP contribution in [0.5, 0.6) is 0 Å². The number of para-hydroxylation sites is 1. The van der Waals surface area contributed by atoms with Crippen molar-refractivity contribution in [3.63, 3.8) is 0 Å². The van der Waals surface area contributed by atoms with E-state index in [1.807, 2.05) is 6.20 Å². The number of rotatable bonds is 4. The monoisotopic (exact) mass is 742 g/mol. The maximum atomic E-state index is 5.05. The number of aromatic nitrogens is 2. The summed E-state index contributed by atoms with van der Waals surface area (Å²) in [4.78, 5) is 9.92. The van der Waals surface area contributed by atoms with Gasteiger partial charge in [-0.25, -0.2) is 4.98 Å². The van der Waals surface area contributed by atoms with Crippen LogP contribution < -0.4 is 9.80 Å². The van der Waals surface area contributed by atoms with Crippen LogP contribution in [0.4, 0.5) is 17.1 Å². The zero-order chi connectivity index (χ0) is 39.4. The molecule has 57 heavy (non-hydrogen) atoms. The standard InChI is InChI=1S/C53H50N4/c1-34-21-24-47-49(27-34)55(8)33-56(47)39-29-37(52(5,6)7)28-38(30-39)53(44-18-12-9-15-40(44)41-16-10-13-19-45(41)53)36-22-23-43-42-17-11-14-20-46(42)57(48(43)31-36)50-32-35(25-26-54-50)51(2,3)4/h9-32H,33H2,1-8H3. The van der Waals surface area contributed by atoms with Crippen molar-refractivity contribution >= 4 is 38.9 Å². The Hall–Kier alpha value is -6.13. The fourth-order valence-corrected chi connectivity index (χ4v) is 9.65. The highest BCUT2D eigenvalue weighted by molar-refractivity contribution is 6.09. The van der Waals surface area contributed by atoms with Crippen molar-refractivity contribution in [2.24, 2.45) is 0 Å². The zero-order valence-electron chi connectivity index (χ0n) is 34.4. The second-order valence-electron chi connectivity index (χ2n) is 18.4. The van der Waals surface area contributed by atoms with Crippen molar-refractivity contribution in [3.8, 4) is 16.9 Å². The summed E-state index contributed by atoms with van der Waals surface area (Å²) in [5.74, 6) is 0.941. The molecule has 1 aliphatic carbocycles. The van der Waals surface area contributed by atoms with Gasteiger partial charge in [0.2, 0.25) is 0 Å². The number of anilines is 3. The van der Waals surface area contributed by atoms with Crippen LogP contribution in [0.3, 0.4) is 0 Å². The summed E-state index contributed by atoms with van der Waals surface area (Å²) >= 11 is 0. The van der Waals surface area contributed by atoms with Crippen LogP contribution in [0, 0.1) is 6.92 Å². The second-order valence-corrected chi connectivity index (χ2v) is 18.4. The summed E-state index contributed by atoms with van der Waals surface area (Å²) in [5, 5.41) is 2.45. The largest absolute Gasteiger partial charge is 0.355 e. The molecule has 6 aromatic carbocycles. The van der Waals surface area contributed by atoms with E-state index in [1.54, 1.807) is 0 Å². The smallest absolute Gasteiger partial charge is 0.137 e. The fourth-order valence-electron chi connectivity index (χ4n) is 9.65. The number of hydrogen-bond acceptors (Lipinski definition) is 3. The van der Waals surface area contributed by atoms with Gasteiger partial charge in [0.05, 0.1) is 34.5 Å². The Labute approximate surface area is 337 Å². The number of pyridine rings is 1. The highest BCUT2D eigenvalue weighted by atomic mass is 15.4. The molecule has 282 valence electrons. The molecule has 0 atom stereocenters. The number of hydrogen-bond donors (Lipinski definition) is 0. The predicted molar refractivity (Wildman–Crippen MR) is 240 cm³/mol. The van der Waals surface area contributed by atoms with E-state index in [2.05, 4.69) is 209 Å². The van der Waals surface area contributed by atoms with Gasteiger partial charge in [-0.15, -0.1) is 0 Å². The lowest BCUT2D eigenvalue weighted by molar-refractivity contribution is 0.587. The lowest BCUT2D eigenvalue weighted by atomic mass is 9.66. The third-order valence-electron chi connectivity index (χ3n) is 12.6. The first-order valence-corrected chi connectivity index (χ1v) is 20.3.